The Morgan fingerprint density at radius 3 is 3.07 bits per heavy atom. The molecule has 0 amide bonds. The fourth-order valence-corrected chi connectivity index (χ4v) is 3.07. The van der Waals surface area contributed by atoms with Crippen molar-refractivity contribution >= 4 is 0 Å². The van der Waals surface area contributed by atoms with Crippen molar-refractivity contribution < 1.29 is 0 Å². The van der Waals surface area contributed by atoms with Crippen LogP contribution < -0.4 is 0 Å². The molecular formula is C14H22. The van der Waals surface area contributed by atoms with E-state index in [2.05, 4.69) is 25.2 Å². The molecule has 2 aliphatic rings. The maximum absolute atomic E-state index is 2.41. The molecule has 0 heteroatoms. The molecule has 0 saturated heterocycles. The molecule has 1 saturated carbocycles. The summed E-state index contributed by atoms with van der Waals surface area (Å²) in [5.74, 6) is 1.93. The minimum Gasteiger partial charge on any atom is -0.0845 e. The van der Waals surface area contributed by atoms with Crippen molar-refractivity contribution in [2.24, 2.45) is 11.8 Å². The van der Waals surface area contributed by atoms with E-state index < -0.39 is 0 Å². The van der Waals surface area contributed by atoms with Gasteiger partial charge in [-0.2, -0.15) is 0 Å². The summed E-state index contributed by atoms with van der Waals surface area (Å²) < 4.78 is 0. The standard InChI is InChI=1S/C14H22/c1-2-12-10-11-13-8-6-4-3-5-7-9-14(12)13/h4,6,8,12,14H,2-3,5,7,9-11H2,1H3/b6-4+,13-8-. The van der Waals surface area contributed by atoms with Crippen molar-refractivity contribution in [1.29, 1.82) is 0 Å². The Hall–Kier alpha value is -0.520. The van der Waals surface area contributed by atoms with Crippen LogP contribution in [0.3, 0.4) is 0 Å². The third-order valence-electron chi connectivity index (χ3n) is 3.96. The first-order chi connectivity index (χ1) is 6.92. The van der Waals surface area contributed by atoms with Gasteiger partial charge in [-0.25, -0.2) is 0 Å². The van der Waals surface area contributed by atoms with Gasteiger partial charge in [0.05, 0.1) is 0 Å². The largest absolute Gasteiger partial charge is 0.0845 e. The first kappa shape index (κ1) is 10.0. The molecule has 2 aliphatic carbocycles. The summed E-state index contributed by atoms with van der Waals surface area (Å²) in [5.41, 5.74) is 1.75. The molecule has 0 bridgehead atoms. The summed E-state index contributed by atoms with van der Waals surface area (Å²) in [6.45, 7) is 2.36. The van der Waals surface area contributed by atoms with Crippen LogP contribution in [0.1, 0.15) is 51.9 Å². The molecule has 78 valence electrons. The van der Waals surface area contributed by atoms with Crippen LogP contribution in [0.5, 0.6) is 0 Å². The third kappa shape index (κ3) is 2.10. The Morgan fingerprint density at radius 1 is 1.29 bits per heavy atom. The van der Waals surface area contributed by atoms with E-state index in [9.17, 15) is 0 Å². The van der Waals surface area contributed by atoms with Gasteiger partial charge in [0.1, 0.15) is 0 Å². The van der Waals surface area contributed by atoms with Crippen molar-refractivity contribution in [2.45, 2.75) is 51.9 Å². The average Bonchev–Trinajstić information content (AvgIpc) is 2.61. The lowest BCUT2D eigenvalue weighted by Crippen LogP contribution is -2.08. The van der Waals surface area contributed by atoms with Crippen molar-refractivity contribution in [1.82, 2.24) is 0 Å². The molecule has 2 atom stereocenters. The summed E-state index contributed by atoms with van der Waals surface area (Å²) in [6.07, 6.45) is 16.8. The fraction of sp³-hybridized carbons (Fsp3) is 0.714. The molecular weight excluding hydrogens is 168 g/mol. The van der Waals surface area contributed by atoms with E-state index in [0.29, 0.717) is 0 Å². The predicted molar refractivity (Wildman–Crippen MR) is 62.2 cm³/mol. The van der Waals surface area contributed by atoms with Crippen LogP contribution >= 0.6 is 0 Å². The van der Waals surface area contributed by atoms with Gasteiger partial charge in [0.25, 0.3) is 0 Å². The summed E-state index contributed by atoms with van der Waals surface area (Å²) in [5, 5.41) is 0. The van der Waals surface area contributed by atoms with Gasteiger partial charge >= 0.3 is 0 Å². The Balaban J connectivity index is 2.11. The van der Waals surface area contributed by atoms with E-state index in [0.717, 1.165) is 11.8 Å². The Morgan fingerprint density at radius 2 is 2.21 bits per heavy atom. The molecule has 0 N–H and O–H groups in total. The molecule has 2 rings (SSSR count). The summed E-state index contributed by atoms with van der Waals surface area (Å²) in [4.78, 5) is 0. The molecule has 0 spiro atoms. The molecule has 1 fully saturated rings. The second-order valence-electron chi connectivity index (χ2n) is 4.77. The van der Waals surface area contributed by atoms with Crippen molar-refractivity contribution in [3.05, 3.63) is 23.8 Å². The molecule has 2 unspecified atom stereocenters. The zero-order valence-electron chi connectivity index (χ0n) is 9.34. The van der Waals surface area contributed by atoms with Gasteiger partial charge in [-0.3, -0.25) is 0 Å². The first-order valence-corrected chi connectivity index (χ1v) is 6.27. The number of allylic oxidation sites excluding steroid dienone is 4. The van der Waals surface area contributed by atoms with Crippen LogP contribution in [-0.2, 0) is 0 Å². The second kappa shape index (κ2) is 4.82. The monoisotopic (exact) mass is 190 g/mol. The first-order valence-electron chi connectivity index (χ1n) is 6.27. The number of rotatable bonds is 1. The fourth-order valence-electron chi connectivity index (χ4n) is 3.07. The molecule has 14 heavy (non-hydrogen) atoms. The summed E-state index contributed by atoms with van der Waals surface area (Å²) in [7, 11) is 0. The van der Waals surface area contributed by atoms with E-state index in [1.807, 2.05) is 0 Å². The molecule has 0 nitrogen and oxygen atoms in total. The van der Waals surface area contributed by atoms with Gasteiger partial charge in [0.15, 0.2) is 0 Å². The third-order valence-corrected chi connectivity index (χ3v) is 3.96. The minimum absolute atomic E-state index is 0.933. The molecule has 0 aromatic heterocycles. The van der Waals surface area contributed by atoms with Gasteiger partial charge in [0, 0.05) is 0 Å². The normalized spacial score (nSPS) is 38.8. The van der Waals surface area contributed by atoms with Crippen LogP contribution in [0, 0.1) is 11.8 Å². The zero-order chi connectivity index (χ0) is 9.80. The van der Waals surface area contributed by atoms with Crippen molar-refractivity contribution in [3.63, 3.8) is 0 Å². The summed E-state index contributed by atoms with van der Waals surface area (Å²) >= 11 is 0. The number of fused-ring (bicyclic) bond motifs is 1. The van der Waals surface area contributed by atoms with Gasteiger partial charge < -0.3 is 0 Å². The van der Waals surface area contributed by atoms with E-state index in [1.165, 1.54) is 44.9 Å². The van der Waals surface area contributed by atoms with Crippen molar-refractivity contribution in [3.8, 4) is 0 Å². The van der Waals surface area contributed by atoms with E-state index in [1.54, 1.807) is 5.57 Å². The molecule has 0 aromatic rings. The molecule has 0 radical (unpaired) electrons. The lowest BCUT2D eigenvalue weighted by molar-refractivity contribution is 0.377. The van der Waals surface area contributed by atoms with Gasteiger partial charge in [-0.05, 0) is 43.9 Å². The van der Waals surface area contributed by atoms with Gasteiger partial charge in [-0.15, -0.1) is 0 Å². The van der Waals surface area contributed by atoms with E-state index >= 15 is 0 Å². The van der Waals surface area contributed by atoms with Gasteiger partial charge in [-0.1, -0.05) is 43.6 Å². The predicted octanol–water partition coefficient (Wildman–Crippen LogP) is 4.48. The Labute approximate surface area is 88.1 Å². The second-order valence-corrected chi connectivity index (χ2v) is 4.77. The van der Waals surface area contributed by atoms with E-state index in [-0.39, 0.29) is 0 Å². The number of hydrogen-bond acceptors (Lipinski definition) is 0. The molecule has 0 aromatic carbocycles. The highest BCUT2D eigenvalue weighted by Gasteiger charge is 2.29. The Bertz CT molecular complexity index is 234. The number of hydrogen-bond donors (Lipinski definition) is 0. The quantitative estimate of drug-likeness (QED) is 0.572. The van der Waals surface area contributed by atoms with Crippen molar-refractivity contribution in [2.75, 3.05) is 0 Å². The smallest absolute Gasteiger partial charge is 0.0172 e. The van der Waals surface area contributed by atoms with Crippen LogP contribution in [0.25, 0.3) is 0 Å². The van der Waals surface area contributed by atoms with Crippen LogP contribution in [0.2, 0.25) is 0 Å². The zero-order valence-corrected chi connectivity index (χ0v) is 9.34. The topological polar surface area (TPSA) is 0 Å². The maximum atomic E-state index is 2.41. The summed E-state index contributed by atoms with van der Waals surface area (Å²) in [6, 6.07) is 0. The maximum Gasteiger partial charge on any atom is -0.0172 e. The molecule has 0 aliphatic heterocycles. The highest BCUT2D eigenvalue weighted by Crippen LogP contribution is 2.41. The minimum atomic E-state index is 0.933. The average molecular weight is 190 g/mol. The van der Waals surface area contributed by atoms with Crippen LogP contribution in [0.4, 0.5) is 0 Å². The lowest BCUT2D eigenvalue weighted by atomic mass is 9.87. The highest BCUT2D eigenvalue weighted by molar-refractivity contribution is 5.20. The highest BCUT2D eigenvalue weighted by atomic mass is 14.3. The SMILES string of the molecule is CCC1CC/C2=C/C=C/CCCCC21. The molecule has 0 heterocycles. The van der Waals surface area contributed by atoms with E-state index in [4.69, 9.17) is 0 Å². The lowest BCUT2D eigenvalue weighted by Gasteiger charge is -2.18. The Kier molecular flexibility index (Phi) is 3.44. The van der Waals surface area contributed by atoms with Gasteiger partial charge in [0.2, 0.25) is 0 Å². The van der Waals surface area contributed by atoms with Crippen LogP contribution in [-0.4, -0.2) is 0 Å². The van der Waals surface area contributed by atoms with Crippen LogP contribution in [0.15, 0.2) is 23.8 Å².